The number of alkyl halides is 8. The van der Waals surface area contributed by atoms with E-state index in [9.17, 15) is 44.7 Å². The van der Waals surface area contributed by atoms with E-state index in [1.54, 1.807) is 5.32 Å². The van der Waals surface area contributed by atoms with E-state index in [1.807, 2.05) is 0 Å². The topological polar surface area (TPSA) is 73.2 Å². The van der Waals surface area contributed by atoms with Gasteiger partial charge in [-0.3, -0.25) is 14.3 Å². The van der Waals surface area contributed by atoms with E-state index in [0.29, 0.717) is 4.68 Å². The Bertz CT molecular complexity index is 1020. The second-order valence-corrected chi connectivity index (χ2v) is 6.65. The monoisotopic (exact) mass is 493 g/mol. The van der Waals surface area contributed by atoms with E-state index in [1.165, 1.54) is 0 Å². The Balaban J connectivity index is 2.36. The molecule has 1 N–H and O–H groups in total. The van der Waals surface area contributed by atoms with Crippen LogP contribution in [0.15, 0.2) is 18.2 Å². The van der Waals surface area contributed by atoms with Crippen molar-refractivity contribution >= 4 is 23.3 Å². The Hall–Kier alpha value is -2.90. The van der Waals surface area contributed by atoms with Gasteiger partial charge in [0.1, 0.15) is 17.8 Å². The molecule has 15 heteroatoms. The highest BCUT2D eigenvalue weighted by molar-refractivity contribution is 6.33. The molecule has 0 fully saturated rings. The Kier molecular flexibility index (Phi) is 7.37. The average Bonchev–Trinajstić information content (AvgIpc) is 2.96. The first-order valence-corrected chi connectivity index (χ1v) is 8.73. The Morgan fingerprint density at radius 2 is 1.81 bits per heavy atom. The van der Waals surface area contributed by atoms with Gasteiger partial charge in [0, 0.05) is 13.5 Å². The number of benzene rings is 1. The molecule has 176 valence electrons. The lowest BCUT2D eigenvalue weighted by atomic mass is 10.0. The number of hydrogen-bond donors (Lipinski definition) is 1. The molecule has 1 aromatic carbocycles. The summed E-state index contributed by atoms with van der Waals surface area (Å²) in [6.07, 6.45) is -10.8. The molecule has 1 amide bonds. The van der Waals surface area contributed by atoms with Crippen molar-refractivity contribution in [3.63, 3.8) is 0 Å². The molecule has 0 aliphatic carbocycles. The van der Waals surface area contributed by atoms with Gasteiger partial charge in [0.15, 0.2) is 5.78 Å². The standard InChI is InChI=1S/C17H12ClF8N3O3/c1-29-12(11(17(24,25)26)14(28-29)32-15(19)20)10(30)5-7-2-3-9(18)8(4-7)13(31)27-6-16(21,22)23/h2-4,15H,5-6H2,1H3,(H,27,31). The van der Waals surface area contributed by atoms with Crippen LogP contribution in [0.25, 0.3) is 0 Å². The lowest BCUT2D eigenvalue weighted by Gasteiger charge is -2.12. The van der Waals surface area contributed by atoms with Crippen molar-refractivity contribution in [2.45, 2.75) is 25.4 Å². The van der Waals surface area contributed by atoms with Crippen molar-refractivity contribution in [3.05, 3.63) is 45.6 Å². The van der Waals surface area contributed by atoms with Crippen molar-refractivity contribution in [2.75, 3.05) is 6.54 Å². The van der Waals surface area contributed by atoms with Crippen LogP contribution in [-0.2, 0) is 19.6 Å². The van der Waals surface area contributed by atoms with Gasteiger partial charge in [-0.05, 0) is 17.7 Å². The maximum atomic E-state index is 13.4. The summed E-state index contributed by atoms with van der Waals surface area (Å²) >= 11 is 5.78. The zero-order valence-corrected chi connectivity index (χ0v) is 16.5. The minimum Gasteiger partial charge on any atom is -0.415 e. The molecule has 0 saturated heterocycles. The molecule has 32 heavy (non-hydrogen) atoms. The molecule has 0 aliphatic heterocycles. The number of amides is 1. The predicted molar refractivity (Wildman–Crippen MR) is 92.7 cm³/mol. The molecule has 1 aromatic heterocycles. The van der Waals surface area contributed by atoms with E-state index in [0.717, 1.165) is 25.2 Å². The van der Waals surface area contributed by atoms with E-state index in [2.05, 4.69) is 9.84 Å². The van der Waals surface area contributed by atoms with Gasteiger partial charge in [0.2, 0.25) is 0 Å². The van der Waals surface area contributed by atoms with E-state index in [4.69, 9.17) is 11.6 Å². The van der Waals surface area contributed by atoms with Gasteiger partial charge >= 0.3 is 19.0 Å². The summed E-state index contributed by atoms with van der Waals surface area (Å²) in [5.41, 5.74) is -3.44. The highest BCUT2D eigenvalue weighted by Crippen LogP contribution is 2.39. The van der Waals surface area contributed by atoms with Gasteiger partial charge in [0.05, 0.1) is 10.6 Å². The number of nitrogens with one attached hydrogen (secondary N) is 1. The molecule has 0 unspecified atom stereocenters. The van der Waals surface area contributed by atoms with Crippen molar-refractivity contribution in [2.24, 2.45) is 7.05 Å². The number of Topliss-reactive ketones (excluding diaryl/α,β-unsaturated/α-hetero) is 1. The molecule has 0 bridgehead atoms. The fraction of sp³-hybridized carbons (Fsp3) is 0.353. The predicted octanol–water partition coefficient (Wildman–Crippen LogP) is 4.41. The number of carbonyl (C=O) groups excluding carboxylic acids is 2. The molecule has 0 radical (unpaired) electrons. The number of ether oxygens (including phenoxy) is 1. The van der Waals surface area contributed by atoms with Gasteiger partial charge in [-0.2, -0.15) is 35.1 Å². The van der Waals surface area contributed by atoms with Gasteiger partial charge in [-0.1, -0.05) is 17.7 Å². The fourth-order valence-electron chi connectivity index (χ4n) is 2.64. The van der Waals surface area contributed by atoms with Crippen LogP contribution in [0.5, 0.6) is 5.88 Å². The summed E-state index contributed by atoms with van der Waals surface area (Å²) in [6, 6.07) is 3.14. The average molecular weight is 494 g/mol. The van der Waals surface area contributed by atoms with Crippen LogP contribution in [0.2, 0.25) is 5.02 Å². The van der Waals surface area contributed by atoms with Gasteiger partial charge in [0.25, 0.3) is 11.8 Å². The lowest BCUT2D eigenvalue weighted by molar-refractivity contribution is -0.142. The Morgan fingerprint density at radius 3 is 2.34 bits per heavy atom. The van der Waals surface area contributed by atoms with Crippen LogP contribution in [-0.4, -0.2) is 40.8 Å². The third-order valence-electron chi connectivity index (χ3n) is 3.85. The number of aryl methyl sites for hydroxylation is 1. The normalized spacial score (nSPS) is 12.2. The lowest BCUT2D eigenvalue weighted by Crippen LogP contribution is -2.33. The van der Waals surface area contributed by atoms with E-state index in [-0.39, 0.29) is 10.6 Å². The van der Waals surface area contributed by atoms with Crippen molar-refractivity contribution < 1.29 is 49.4 Å². The van der Waals surface area contributed by atoms with E-state index >= 15 is 0 Å². The highest BCUT2D eigenvalue weighted by Gasteiger charge is 2.43. The molecule has 0 aliphatic rings. The minimum atomic E-state index is -5.27. The third-order valence-corrected chi connectivity index (χ3v) is 4.18. The summed E-state index contributed by atoms with van der Waals surface area (Å²) in [6.45, 7) is -5.30. The minimum absolute atomic E-state index is 0.0813. The first-order valence-electron chi connectivity index (χ1n) is 8.35. The molecule has 2 rings (SSSR count). The molecular weight excluding hydrogens is 482 g/mol. The van der Waals surface area contributed by atoms with Gasteiger partial charge in [-0.25, -0.2) is 0 Å². The van der Waals surface area contributed by atoms with Crippen LogP contribution in [0.1, 0.15) is 32.0 Å². The first kappa shape index (κ1) is 25.4. The first-order chi connectivity index (χ1) is 14.6. The number of rotatable bonds is 7. The Labute approximate surface area is 179 Å². The largest absolute Gasteiger partial charge is 0.423 e. The number of aromatic nitrogens is 2. The summed E-state index contributed by atoms with van der Waals surface area (Å²) in [4.78, 5) is 24.5. The van der Waals surface area contributed by atoms with Crippen LogP contribution < -0.4 is 10.1 Å². The summed E-state index contributed by atoms with van der Waals surface area (Å²) in [7, 11) is 0.901. The molecule has 0 atom stereocenters. The van der Waals surface area contributed by atoms with Crippen LogP contribution in [0, 0.1) is 0 Å². The maximum absolute atomic E-state index is 13.4. The summed E-state index contributed by atoms with van der Waals surface area (Å²) < 4.78 is 106. The molecular formula is C17H12ClF8N3O3. The number of halogens is 9. The summed E-state index contributed by atoms with van der Waals surface area (Å²) in [5, 5.41) is 4.46. The zero-order chi connectivity index (χ0) is 24.4. The van der Waals surface area contributed by atoms with Gasteiger partial charge < -0.3 is 10.1 Å². The molecule has 2 aromatic rings. The number of nitrogens with zero attached hydrogens (tertiary/aromatic N) is 2. The maximum Gasteiger partial charge on any atom is 0.423 e. The van der Waals surface area contributed by atoms with Crippen molar-refractivity contribution in [1.29, 1.82) is 0 Å². The summed E-state index contributed by atoms with van der Waals surface area (Å²) in [5.74, 6) is -3.96. The highest BCUT2D eigenvalue weighted by atomic mass is 35.5. The molecule has 6 nitrogen and oxygen atoms in total. The van der Waals surface area contributed by atoms with Crippen molar-refractivity contribution in [1.82, 2.24) is 15.1 Å². The zero-order valence-electron chi connectivity index (χ0n) is 15.7. The smallest absolute Gasteiger partial charge is 0.415 e. The van der Waals surface area contributed by atoms with Crippen LogP contribution in [0.3, 0.4) is 0 Å². The fourth-order valence-corrected chi connectivity index (χ4v) is 2.85. The quantitative estimate of drug-likeness (QED) is 0.458. The van der Waals surface area contributed by atoms with Gasteiger partial charge in [-0.15, -0.1) is 5.10 Å². The molecule has 0 saturated carbocycles. The Morgan fingerprint density at radius 1 is 1.19 bits per heavy atom. The SMILES string of the molecule is Cn1nc(OC(F)F)c(C(F)(F)F)c1C(=O)Cc1ccc(Cl)c(C(=O)NCC(F)(F)F)c1. The molecule has 1 heterocycles. The van der Waals surface area contributed by atoms with Crippen molar-refractivity contribution in [3.8, 4) is 5.88 Å². The number of ketones is 1. The second kappa shape index (κ2) is 9.30. The molecule has 0 spiro atoms. The number of hydrogen-bond acceptors (Lipinski definition) is 4. The van der Waals surface area contributed by atoms with Crippen LogP contribution in [0.4, 0.5) is 35.1 Å². The third kappa shape index (κ3) is 6.31. The number of carbonyl (C=O) groups is 2. The van der Waals surface area contributed by atoms with E-state index < -0.39 is 66.3 Å². The van der Waals surface area contributed by atoms with Crippen LogP contribution >= 0.6 is 11.6 Å². The second-order valence-electron chi connectivity index (χ2n) is 6.24.